The number of nitrogens with one attached hydrogen (secondary N) is 4. The normalized spacial score (nSPS) is 22.6. The number of hydrogen-bond acceptors (Lipinski definition) is 10. The Balaban J connectivity index is 1.04. The number of fused-ring (bicyclic) bond motifs is 2. The van der Waals surface area contributed by atoms with Gasteiger partial charge in [-0.1, -0.05) is 39.8 Å². The minimum atomic E-state index is -1.30. The first-order valence-corrected chi connectivity index (χ1v) is 24.6. The van der Waals surface area contributed by atoms with Crippen molar-refractivity contribution in [1.29, 1.82) is 0 Å². The van der Waals surface area contributed by atoms with E-state index in [2.05, 4.69) is 25.5 Å². The van der Waals surface area contributed by atoms with E-state index in [9.17, 15) is 19.2 Å². The molecule has 374 valence electrons. The van der Waals surface area contributed by atoms with Gasteiger partial charge < -0.3 is 49.7 Å². The third kappa shape index (κ3) is 9.42. The number of amides is 4. The molecule has 4 saturated heterocycles. The summed E-state index contributed by atoms with van der Waals surface area (Å²) in [7, 11) is 2.48. The molecule has 0 aliphatic carbocycles. The molecule has 0 saturated carbocycles. The lowest BCUT2D eigenvalue weighted by Gasteiger charge is -2.35. The largest absolute Gasteiger partial charge is 0.453 e. The predicted octanol–water partition coefficient (Wildman–Crippen LogP) is 8.83. The Bertz CT molecular complexity index is 2730. The van der Waals surface area contributed by atoms with Crippen molar-refractivity contribution in [2.24, 2.45) is 11.8 Å². The van der Waals surface area contributed by atoms with E-state index < -0.39 is 54.0 Å². The monoisotopic (exact) mass is 968 g/mol. The highest BCUT2D eigenvalue weighted by molar-refractivity contribution is 5.88. The van der Waals surface area contributed by atoms with Gasteiger partial charge in [0.15, 0.2) is 11.6 Å². The summed E-state index contributed by atoms with van der Waals surface area (Å²) in [6.07, 6.45) is 2.76. The molecule has 3 aromatic carbocycles. The molecule has 6 heterocycles. The summed E-state index contributed by atoms with van der Waals surface area (Å²) < 4.78 is 57.6. The molecule has 5 aromatic rings. The first kappa shape index (κ1) is 48.5. The van der Waals surface area contributed by atoms with Crippen LogP contribution in [0.3, 0.4) is 0 Å². The average molecular weight is 969 g/mol. The number of H-pyrrole nitrogens is 2. The molecule has 70 heavy (non-hydrogen) atoms. The molecule has 0 radical (unpaired) electrons. The van der Waals surface area contributed by atoms with Crippen molar-refractivity contribution in [2.45, 2.75) is 121 Å². The van der Waals surface area contributed by atoms with Gasteiger partial charge >= 0.3 is 12.2 Å². The van der Waals surface area contributed by atoms with Gasteiger partial charge in [-0.2, -0.15) is 0 Å². The highest BCUT2D eigenvalue weighted by Crippen LogP contribution is 2.49. The number of rotatable bonds is 12. The molecule has 4 amide bonds. The lowest BCUT2D eigenvalue weighted by Crippen LogP contribution is -2.51. The quantitative estimate of drug-likeness (QED) is 0.0944. The number of likely N-dealkylation sites (tertiary alicyclic amines) is 2. The van der Waals surface area contributed by atoms with Gasteiger partial charge in [0.05, 0.1) is 67.0 Å². The number of carbonyl (C=O) groups is 4. The number of ether oxygens (including phenoxy) is 2. The fraction of sp³-hybridized carbons (Fsp3) is 0.529. The maximum atomic E-state index is 16.4. The van der Waals surface area contributed by atoms with Crippen LogP contribution in [0.5, 0.6) is 0 Å². The summed E-state index contributed by atoms with van der Waals surface area (Å²) in [5, 5.41) is 5.30. The van der Waals surface area contributed by atoms with Crippen LogP contribution in [0.25, 0.3) is 22.1 Å². The molecule has 7 atom stereocenters. The second-order valence-electron chi connectivity index (χ2n) is 19.9. The van der Waals surface area contributed by atoms with Gasteiger partial charge in [-0.15, -0.1) is 0 Å². The van der Waals surface area contributed by atoms with Crippen LogP contribution >= 0.6 is 0 Å². The number of aromatic amines is 2. The Hall–Kier alpha value is -6.53. The van der Waals surface area contributed by atoms with Crippen molar-refractivity contribution in [2.75, 3.05) is 50.2 Å². The van der Waals surface area contributed by atoms with E-state index in [-0.39, 0.29) is 54.5 Å². The Morgan fingerprint density at radius 2 is 1.17 bits per heavy atom. The SMILES string of the molecule is COC(=O)NC(C(=O)N1CCC[C@H]1c1nc2ccc(C3CC[C@H](c4ccc5nc([C@@H]6C[C@@H](F)CN6C(=O)C(NC(=O)OC)C(C)C)[nH]c5c4)N3c3cc(F)c(N4CCCCC4)c(F)c3)cc2[nH]1)C(C)C. The molecule has 0 bridgehead atoms. The summed E-state index contributed by atoms with van der Waals surface area (Å²) >= 11 is 0. The zero-order valence-electron chi connectivity index (χ0n) is 40.6. The van der Waals surface area contributed by atoms with E-state index in [4.69, 9.17) is 19.4 Å². The minimum absolute atomic E-state index is 0.00968. The number of benzene rings is 3. The van der Waals surface area contributed by atoms with Crippen LogP contribution in [-0.4, -0.2) is 112 Å². The van der Waals surface area contributed by atoms with Crippen LogP contribution in [0.2, 0.25) is 0 Å². The van der Waals surface area contributed by atoms with Gasteiger partial charge in [0.1, 0.15) is 35.6 Å². The van der Waals surface area contributed by atoms with Crippen molar-refractivity contribution in [1.82, 2.24) is 40.4 Å². The fourth-order valence-corrected chi connectivity index (χ4v) is 11.1. The van der Waals surface area contributed by atoms with E-state index in [1.54, 1.807) is 23.6 Å². The number of carbonyl (C=O) groups excluding carboxylic acids is 4. The Morgan fingerprint density at radius 3 is 1.69 bits per heavy atom. The van der Waals surface area contributed by atoms with Crippen molar-refractivity contribution in [3.63, 3.8) is 0 Å². The molecule has 3 unspecified atom stereocenters. The Kier molecular flexibility index (Phi) is 13.9. The summed E-state index contributed by atoms with van der Waals surface area (Å²) in [5.41, 5.74) is 4.88. The van der Waals surface area contributed by atoms with E-state index in [1.165, 1.54) is 31.3 Å². The third-order valence-corrected chi connectivity index (χ3v) is 14.7. The smallest absolute Gasteiger partial charge is 0.407 e. The lowest BCUT2D eigenvalue weighted by atomic mass is 10.0. The summed E-state index contributed by atoms with van der Waals surface area (Å²) in [5.74, 6) is -1.32. The first-order chi connectivity index (χ1) is 33.6. The summed E-state index contributed by atoms with van der Waals surface area (Å²) in [6, 6.07) is 11.2. The van der Waals surface area contributed by atoms with Crippen LogP contribution in [0, 0.1) is 23.5 Å². The highest BCUT2D eigenvalue weighted by Gasteiger charge is 2.43. The predicted molar refractivity (Wildman–Crippen MR) is 258 cm³/mol. The van der Waals surface area contributed by atoms with Crippen molar-refractivity contribution < 1.29 is 41.8 Å². The molecule has 0 spiro atoms. The van der Waals surface area contributed by atoms with E-state index in [0.717, 1.165) is 42.3 Å². The average Bonchev–Trinajstić information content (AvgIpc) is 4.20. The summed E-state index contributed by atoms with van der Waals surface area (Å²) in [4.78, 5) is 75.9. The Labute approximate surface area is 405 Å². The van der Waals surface area contributed by atoms with Crippen LogP contribution in [0.4, 0.5) is 34.1 Å². The van der Waals surface area contributed by atoms with Crippen LogP contribution < -0.4 is 20.4 Å². The molecule has 9 rings (SSSR count). The van der Waals surface area contributed by atoms with Gasteiger partial charge in [0.25, 0.3) is 0 Å². The zero-order chi connectivity index (χ0) is 49.5. The number of nitrogens with zero attached hydrogens (tertiary/aromatic N) is 6. The minimum Gasteiger partial charge on any atom is -0.453 e. The van der Waals surface area contributed by atoms with Crippen molar-refractivity contribution >= 4 is 57.4 Å². The van der Waals surface area contributed by atoms with Gasteiger partial charge in [0, 0.05) is 31.7 Å². The van der Waals surface area contributed by atoms with Crippen LogP contribution in [0.15, 0.2) is 48.5 Å². The van der Waals surface area contributed by atoms with Gasteiger partial charge in [-0.05, 0) is 104 Å². The van der Waals surface area contributed by atoms with E-state index >= 15 is 13.2 Å². The van der Waals surface area contributed by atoms with E-state index in [0.29, 0.717) is 72.8 Å². The summed E-state index contributed by atoms with van der Waals surface area (Å²) in [6.45, 7) is 8.85. The molecule has 4 aliphatic rings. The van der Waals surface area contributed by atoms with Gasteiger partial charge in [-0.25, -0.2) is 32.7 Å². The number of alkyl carbamates (subject to hydrolysis) is 2. The maximum Gasteiger partial charge on any atom is 0.407 e. The molecular weight excluding hydrogens is 906 g/mol. The number of halogens is 3. The van der Waals surface area contributed by atoms with E-state index in [1.807, 2.05) is 50.2 Å². The number of imidazole rings is 2. The number of hydrogen-bond donors (Lipinski definition) is 4. The number of alkyl halides is 1. The molecule has 4 fully saturated rings. The van der Waals surface area contributed by atoms with Gasteiger partial charge in [-0.3, -0.25) is 9.59 Å². The fourth-order valence-electron chi connectivity index (χ4n) is 11.1. The standard InChI is InChI=1S/C51H63F3N10O6/c1-27(2)43(59-50(67)69-5)48(65)62-20-10-11-41(62)46-55-35-14-12-29(21-37(35)57-46)39-16-17-40(64(39)32-24-33(53)45(34(54)25-32)61-18-8-7-9-19-61)30-13-15-36-38(22-30)58-47(56-36)42-23-31(52)26-63(42)49(66)44(28(3)4)60-51(68)70-6/h12-15,21-22,24-25,27-28,31,39-44H,7-11,16-20,23,26H2,1-6H3,(H,55,57)(H,56,58)(H,59,67)(H,60,68)/t31-,39?,40-,41+,42+,43?,44?/m1/s1. The van der Waals surface area contributed by atoms with Crippen LogP contribution in [-0.2, 0) is 19.1 Å². The zero-order valence-corrected chi connectivity index (χ0v) is 40.6. The second kappa shape index (κ2) is 20.1. The highest BCUT2D eigenvalue weighted by atomic mass is 19.1. The van der Waals surface area contributed by atoms with Crippen LogP contribution in [0.1, 0.15) is 126 Å². The number of piperidine rings is 1. The number of aromatic nitrogens is 4. The van der Waals surface area contributed by atoms with Gasteiger partial charge in [0.2, 0.25) is 11.8 Å². The molecular formula is C51H63F3N10O6. The Morgan fingerprint density at radius 1 is 0.657 bits per heavy atom. The molecule has 4 N–H and O–H groups in total. The van der Waals surface area contributed by atoms with Crippen molar-refractivity contribution in [3.05, 3.63) is 82.9 Å². The molecule has 19 heteroatoms. The number of anilines is 2. The number of methoxy groups -OCH3 is 2. The second-order valence-corrected chi connectivity index (χ2v) is 19.9. The third-order valence-electron chi connectivity index (χ3n) is 14.7. The maximum absolute atomic E-state index is 16.4. The molecule has 2 aromatic heterocycles. The lowest BCUT2D eigenvalue weighted by molar-refractivity contribution is -0.136. The molecule has 16 nitrogen and oxygen atoms in total. The first-order valence-electron chi connectivity index (χ1n) is 24.6. The van der Waals surface area contributed by atoms with Crippen molar-refractivity contribution in [3.8, 4) is 0 Å². The topological polar surface area (TPSA) is 181 Å². The molecule has 4 aliphatic heterocycles.